The Balaban J connectivity index is 1.56. The number of halogens is 1. The minimum absolute atomic E-state index is 0.0216. The molecule has 3 heterocycles. The number of hydrogen-bond acceptors (Lipinski definition) is 5. The molecule has 2 bridgehead atoms. The van der Waals surface area contributed by atoms with Gasteiger partial charge in [-0.3, -0.25) is 0 Å². The molecule has 3 atom stereocenters. The van der Waals surface area contributed by atoms with Gasteiger partial charge in [0.1, 0.15) is 23.2 Å². The van der Waals surface area contributed by atoms with Gasteiger partial charge < -0.3 is 14.4 Å². The lowest BCUT2D eigenvalue weighted by Crippen LogP contribution is -2.57. The van der Waals surface area contributed by atoms with E-state index in [1.165, 1.54) is 6.33 Å². The molecule has 142 valence electrons. The molecule has 1 spiro atoms. The van der Waals surface area contributed by atoms with Gasteiger partial charge in [0.15, 0.2) is 0 Å². The third-order valence-corrected chi connectivity index (χ3v) is 6.34. The maximum atomic E-state index is 12.8. The predicted octanol–water partition coefficient (Wildman–Crippen LogP) is 4.14. The highest BCUT2D eigenvalue weighted by Crippen LogP contribution is 2.62. The summed E-state index contributed by atoms with van der Waals surface area (Å²) in [5.74, 6) is 0.561. The van der Waals surface area contributed by atoms with Gasteiger partial charge in [0.2, 0.25) is 5.88 Å². The highest BCUT2D eigenvalue weighted by atomic mass is 35.5. The lowest BCUT2D eigenvalue weighted by molar-refractivity contribution is -0.0403. The Kier molecular flexibility index (Phi) is 4.10. The van der Waals surface area contributed by atoms with E-state index >= 15 is 0 Å². The van der Waals surface area contributed by atoms with Gasteiger partial charge in [-0.05, 0) is 53.4 Å². The number of aromatic nitrogens is 2. The van der Waals surface area contributed by atoms with Crippen molar-refractivity contribution in [2.75, 3.05) is 0 Å². The van der Waals surface area contributed by atoms with Gasteiger partial charge >= 0.3 is 6.09 Å². The van der Waals surface area contributed by atoms with Crippen LogP contribution in [0, 0.1) is 12.3 Å². The van der Waals surface area contributed by atoms with Crippen molar-refractivity contribution in [3.63, 3.8) is 0 Å². The van der Waals surface area contributed by atoms with E-state index in [1.54, 1.807) is 0 Å². The fraction of sp³-hybridized carbons (Fsp3) is 0.737. The Morgan fingerprint density at radius 3 is 2.69 bits per heavy atom. The van der Waals surface area contributed by atoms with Gasteiger partial charge in [-0.15, -0.1) is 0 Å². The fourth-order valence-electron chi connectivity index (χ4n) is 4.60. The van der Waals surface area contributed by atoms with Crippen LogP contribution in [0.4, 0.5) is 4.79 Å². The molecule has 1 aliphatic carbocycles. The molecule has 4 rings (SSSR count). The normalized spacial score (nSPS) is 29.0. The molecular weight excluding hydrogens is 354 g/mol. The van der Waals surface area contributed by atoms with Gasteiger partial charge in [0, 0.05) is 29.5 Å². The summed E-state index contributed by atoms with van der Waals surface area (Å²) in [5.41, 5.74) is 0.315. The molecule has 1 amide bonds. The number of ether oxygens (including phenoxy) is 2. The number of hydrogen-bond donors (Lipinski definition) is 0. The van der Waals surface area contributed by atoms with Gasteiger partial charge in [-0.25, -0.2) is 14.8 Å². The smallest absolute Gasteiger partial charge is 0.410 e. The minimum atomic E-state index is -0.477. The minimum Gasteiger partial charge on any atom is -0.473 e. The van der Waals surface area contributed by atoms with Crippen LogP contribution in [0.5, 0.6) is 5.88 Å². The number of carbonyl (C=O) groups is 1. The highest BCUT2D eigenvalue weighted by Gasteiger charge is 2.65. The first-order valence-corrected chi connectivity index (χ1v) is 9.74. The zero-order valence-corrected chi connectivity index (χ0v) is 16.5. The summed E-state index contributed by atoms with van der Waals surface area (Å²) in [7, 11) is 0. The molecule has 7 heteroatoms. The summed E-state index contributed by atoms with van der Waals surface area (Å²) in [5, 5.41) is 0.425. The van der Waals surface area contributed by atoms with Crippen LogP contribution in [-0.2, 0) is 4.74 Å². The second-order valence-corrected chi connectivity index (χ2v) is 9.16. The maximum Gasteiger partial charge on any atom is 0.410 e. The molecule has 2 aliphatic heterocycles. The largest absolute Gasteiger partial charge is 0.473 e. The van der Waals surface area contributed by atoms with Gasteiger partial charge in [-0.2, -0.15) is 0 Å². The quantitative estimate of drug-likeness (QED) is 0.722. The summed E-state index contributed by atoms with van der Waals surface area (Å²) in [6.07, 6.45) is 6.31. The summed E-state index contributed by atoms with van der Waals surface area (Å²) >= 11 is 6.11. The third kappa shape index (κ3) is 2.92. The van der Waals surface area contributed by atoms with Crippen molar-refractivity contribution in [2.45, 2.75) is 83.6 Å². The number of piperidine rings is 1. The van der Waals surface area contributed by atoms with Crippen LogP contribution in [0.1, 0.15) is 58.4 Å². The molecule has 0 N–H and O–H groups in total. The molecule has 3 aliphatic rings. The molecule has 1 saturated carbocycles. The average molecular weight is 380 g/mol. The zero-order valence-electron chi connectivity index (χ0n) is 15.8. The number of fused-ring (bicyclic) bond motifs is 3. The Hall–Kier alpha value is -1.56. The van der Waals surface area contributed by atoms with Gasteiger partial charge in [-0.1, -0.05) is 11.6 Å². The van der Waals surface area contributed by atoms with E-state index in [-0.39, 0.29) is 29.7 Å². The lowest BCUT2D eigenvalue weighted by atomic mass is 9.84. The van der Waals surface area contributed by atoms with Crippen molar-refractivity contribution >= 4 is 17.7 Å². The molecule has 1 aromatic heterocycles. The lowest BCUT2D eigenvalue weighted by Gasteiger charge is -2.45. The van der Waals surface area contributed by atoms with Crippen molar-refractivity contribution in [3.8, 4) is 5.88 Å². The van der Waals surface area contributed by atoms with Crippen LogP contribution < -0.4 is 4.74 Å². The number of nitrogens with zero attached hydrogens (tertiary/aromatic N) is 3. The van der Waals surface area contributed by atoms with E-state index < -0.39 is 5.60 Å². The van der Waals surface area contributed by atoms with Gasteiger partial charge in [0.25, 0.3) is 0 Å². The standard InChI is InChI=1S/C19H26ClN3O3/c1-11-15(20)21-10-22-16(11)25-14-9-12-5-6-13(19(14)7-8-19)23(12)17(24)26-18(2,3)4/h10,12-14H,5-9H2,1-4H3. The van der Waals surface area contributed by atoms with Crippen LogP contribution in [0.25, 0.3) is 0 Å². The van der Waals surface area contributed by atoms with Crippen LogP contribution in [0.3, 0.4) is 0 Å². The molecule has 26 heavy (non-hydrogen) atoms. The zero-order chi connectivity index (χ0) is 18.7. The van der Waals surface area contributed by atoms with Crippen molar-refractivity contribution < 1.29 is 14.3 Å². The summed E-state index contributed by atoms with van der Waals surface area (Å²) in [4.78, 5) is 23.1. The molecule has 2 saturated heterocycles. The second-order valence-electron chi connectivity index (χ2n) is 8.80. The van der Waals surface area contributed by atoms with Crippen molar-refractivity contribution in [1.29, 1.82) is 0 Å². The second kappa shape index (κ2) is 5.98. The van der Waals surface area contributed by atoms with Crippen LogP contribution in [-0.4, -0.2) is 44.7 Å². The summed E-state index contributed by atoms with van der Waals surface area (Å²) in [6.45, 7) is 7.62. The van der Waals surface area contributed by atoms with E-state index in [9.17, 15) is 4.79 Å². The first-order chi connectivity index (χ1) is 12.2. The topological polar surface area (TPSA) is 64.6 Å². The van der Waals surface area contributed by atoms with Gasteiger partial charge in [0.05, 0.1) is 0 Å². The molecule has 0 radical (unpaired) electrons. The SMILES string of the molecule is Cc1c(Cl)ncnc1OC1CC2CCC(N2C(=O)OC(C)(C)C)C12CC2. The first-order valence-electron chi connectivity index (χ1n) is 9.36. The Labute approximate surface area is 159 Å². The fourth-order valence-corrected chi connectivity index (χ4v) is 4.72. The van der Waals surface area contributed by atoms with E-state index in [2.05, 4.69) is 9.97 Å². The molecule has 6 nitrogen and oxygen atoms in total. The predicted molar refractivity (Wildman–Crippen MR) is 97.4 cm³/mol. The number of rotatable bonds is 2. The monoisotopic (exact) mass is 379 g/mol. The molecule has 3 fully saturated rings. The van der Waals surface area contributed by atoms with E-state index in [0.29, 0.717) is 11.0 Å². The number of amides is 1. The first kappa shape index (κ1) is 17.8. The summed E-state index contributed by atoms with van der Waals surface area (Å²) < 4.78 is 12.0. The van der Waals surface area contributed by atoms with Crippen molar-refractivity contribution in [2.24, 2.45) is 5.41 Å². The van der Waals surface area contributed by atoms with E-state index in [1.807, 2.05) is 32.6 Å². The van der Waals surface area contributed by atoms with Crippen LogP contribution in [0.15, 0.2) is 6.33 Å². The van der Waals surface area contributed by atoms with Crippen molar-refractivity contribution in [3.05, 3.63) is 17.0 Å². The number of carbonyl (C=O) groups excluding carboxylic acids is 1. The highest BCUT2D eigenvalue weighted by molar-refractivity contribution is 6.30. The molecule has 3 unspecified atom stereocenters. The van der Waals surface area contributed by atoms with Crippen LogP contribution >= 0.6 is 11.6 Å². The molecule has 0 aromatic carbocycles. The van der Waals surface area contributed by atoms with E-state index in [0.717, 1.165) is 37.7 Å². The Morgan fingerprint density at radius 1 is 1.31 bits per heavy atom. The van der Waals surface area contributed by atoms with E-state index in [4.69, 9.17) is 21.1 Å². The van der Waals surface area contributed by atoms with Crippen molar-refractivity contribution in [1.82, 2.24) is 14.9 Å². The average Bonchev–Trinajstić information content (AvgIpc) is 3.25. The molecule has 1 aromatic rings. The Bertz CT molecular complexity index is 729. The summed E-state index contributed by atoms with van der Waals surface area (Å²) in [6, 6.07) is 0.363. The third-order valence-electron chi connectivity index (χ3n) is 5.96. The Morgan fingerprint density at radius 2 is 2.04 bits per heavy atom. The van der Waals surface area contributed by atoms with Crippen LogP contribution in [0.2, 0.25) is 5.15 Å². The molecular formula is C19H26ClN3O3. The maximum absolute atomic E-state index is 12.8.